The van der Waals surface area contributed by atoms with Crippen molar-refractivity contribution in [1.29, 1.82) is 0 Å². The number of hydrogen-bond acceptors (Lipinski definition) is 7. The third-order valence-corrected chi connectivity index (χ3v) is 8.83. The van der Waals surface area contributed by atoms with E-state index in [1.807, 2.05) is 0 Å². The van der Waals surface area contributed by atoms with Gasteiger partial charge >= 0.3 is 5.76 Å². The number of aromatic amines is 1. The maximum Gasteiger partial charge on any atom is 0.438 e. The van der Waals surface area contributed by atoms with Gasteiger partial charge in [0.1, 0.15) is 0 Å². The molecule has 11 nitrogen and oxygen atoms in total. The Morgan fingerprint density at radius 2 is 1.88 bits per heavy atom. The zero-order chi connectivity index (χ0) is 29.3. The quantitative estimate of drug-likeness (QED) is 0.349. The number of nitrogens with zero attached hydrogens (tertiary/aromatic N) is 2. The molecule has 3 aromatic rings. The molecule has 0 unspecified atom stereocenters. The van der Waals surface area contributed by atoms with Gasteiger partial charge < -0.3 is 10.2 Å². The molecule has 1 aliphatic heterocycles. The lowest BCUT2D eigenvalue weighted by Gasteiger charge is -2.49. The Balaban J connectivity index is 1.60. The van der Waals surface area contributed by atoms with Crippen LogP contribution in [0.2, 0.25) is 10.0 Å². The molecule has 14 heteroatoms. The van der Waals surface area contributed by atoms with E-state index in [0.717, 1.165) is 19.1 Å². The Morgan fingerprint density at radius 1 is 1.12 bits per heavy atom. The van der Waals surface area contributed by atoms with Crippen molar-refractivity contribution in [2.45, 2.75) is 56.1 Å². The highest BCUT2D eigenvalue weighted by molar-refractivity contribution is 7.88. The average molecular weight is 623 g/mol. The van der Waals surface area contributed by atoms with E-state index in [9.17, 15) is 22.8 Å². The summed E-state index contributed by atoms with van der Waals surface area (Å²) in [5, 5.41) is 7.21. The zero-order valence-electron chi connectivity index (χ0n) is 22.1. The third kappa shape index (κ3) is 6.35. The molecule has 41 heavy (non-hydrogen) atoms. The number of halogens is 2. The maximum absolute atomic E-state index is 14.3. The van der Waals surface area contributed by atoms with Crippen LogP contribution in [-0.4, -0.2) is 60.2 Å². The number of nitrogens with one attached hydrogen (secondary N) is 3. The average Bonchev–Trinajstić information content (AvgIpc) is 3.33. The standard InChI is InChI=1S/C27H29Cl2N5O6S/c1-41(38,39)33-20-8-4-5-9-21(20)34-24(18-11-10-15(28)14-19(18)29)23(16-6-2-3-7-17(16)26(34)36)25(35)30-13-12-22-31-27(37)40-32-22/h2-3,6-7,10-11,14,20-21,23-24,33H,4-5,8-9,12-13H2,1H3,(H,30,35)(H,31,32,37)/t20-,21-,23+,24-/m0/s1. The molecule has 2 aromatic carbocycles. The molecule has 1 aliphatic carbocycles. The van der Waals surface area contributed by atoms with E-state index in [0.29, 0.717) is 34.6 Å². The number of fused-ring (bicyclic) bond motifs is 1. The van der Waals surface area contributed by atoms with E-state index < -0.39 is 39.8 Å². The van der Waals surface area contributed by atoms with Crippen LogP contribution in [0.4, 0.5) is 0 Å². The molecule has 2 heterocycles. The van der Waals surface area contributed by atoms with Crippen LogP contribution in [0.15, 0.2) is 51.8 Å². The monoisotopic (exact) mass is 621 g/mol. The number of H-pyrrole nitrogens is 1. The second-order valence-corrected chi connectivity index (χ2v) is 12.9. The van der Waals surface area contributed by atoms with Gasteiger partial charge in [0.05, 0.1) is 18.2 Å². The highest BCUT2D eigenvalue weighted by atomic mass is 35.5. The van der Waals surface area contributed by atoms with Gasteiger partial charge in [0.2, 0.25) is 15.9 Å². The molecule has 0 radical (unpaired) electrons. The van der Waals surface area contributed by atoms with E-state index in [1.54, 1.807) is 47.4 Å². The fourth-order valence-electron chi connectivity index (χ4n) is 5.91. The number of sulfonamides is 1. The largest absolute Gasteiger partial charge is 0.438 e. The summed E-state index contributed by atoms with van der Waals surface area (Å²) >= 11 is 12.9. The fraction of sp³-hybridized carbons (Fsp3) is 0.407. The number of benzene rings is 2. The minimum Gasteiger partial charge on any atom is -0.355 e. The summed E-state index contributed by atoms with van der Waals surface area (Å²) in [6.07, 6.45) is 3.96. The summed E-state index contributed by atoms with van der Waals surface area (Å²) in [6.45, 7) is 0.136. The molecule has 1 aromatic heterocycles. The lowest BCUT2D eigenvalue weighted by molar-refractivity contribution is -0.124. The summed E-state index contributed by atoms with van der Waals surface area (Å²) in [4.78, 5) is 43.6. The summed E-state index contributed by atoms with van der Waals surface area (Å²) < 4.78 is 31.9. The first-order valence-electron chi connectivity index (χ1n) is 13.2. The second-order valence-electron chi connectivity index (χ2n) is 10.3. The van der Waals surface area contributed by atoms with Crippen molar-refractivity contribution < 1.29 is 22.5 Å². The van der Waals surface area contributed by atoms with Gasteiger partial charge in [0.15, 0.2) is 5.82 Å². The van der Waals surface area contributed by atoms with Crippen LogP contribution < -0.4 is 15.8 Å². The third-order valence-electron chi connectivity index (χ3n) is 7.54. The van der Waals surface area contributed by atoms with Gasteiger partial charge in [0.25, 0.3) is 5.91 Å². The van der Waals surface area contributed by atoms with Crippen molar-refractivity contribution in [2.24, 2.45) is 0 Å². The smallest absolute Gasteiger partial charge is 0.355 e. The van der Waals surface area contributed by atoms with Crippen molar-refractivity contribution in [2.75, 3.05) is 12.8 Å². The minimum absolute atomic E-state index is 0.136. The van der Waals surface area contributed by atoms with Gasteiger partial charge in [-0.05, 0) is 42.2 Å². The molecule has 0 bridgehead atoms. The van der Waals surface area contributed by atoms with Gasteiger partial charge in [-0.3, -0.25) is 19.1 Å². The Bertz CT molecular complexity index is 1620. The number of hydrogen-bond donors (Lipinski definition) is 3. The van der Waals surface area contributed by atoms with Crippen LogP contribution in [0.1, 0.15) is 65.0 Å². The van der Waals surface area contributed by atoms with Gasteiger partial charge in [-0.1, -0.05) is 65.5 Å². The molecule has 0 spiro atoms. The minimum atomic E-state index is -3.59. The first kappa shape index (κ1) is 29.3. The number of rotatable bonds is 8. The molecule has 4 atom stereocenters. The highest BCUT2D eigenvalue weighted by Crippen LogP contribution is 2.47. The van der Waals surface area contributed by atoms with E-state index in [1.165, 1.54) is 0 Å². The summed E-state index contributed by atoms with van der Waals surface area (Å²) in [6, 6.07) is 9.87. The first-order valence-corrected chi connectivity index (χ1v) is 15.8. The van der Waals surface area contributed by atoms with E-state index >= 15 is 0 Å². The highest BCUT2D eigenvalue weighted by Gasteiger charge is 2.49. The number of carbonyl (C=O) groups excluding carboxylic acids is 2. The molecule has 5 rings (SSSR count). The normalized spacial score (nSPS) is 22.8. The molecule has 1 saturated carbocycles. The summed E-state index contributed by atoms with van der Waals surface area (Å²) in [5.74, 6) is -1.98. The maximum atomic E-state index is 14.3. The molecule has 3 N–H and O–H groups in total. The van der Waals surface area contributed by atoms with Crippen LogP contribution in [-0.2, 0) is 21.2 Å². The molecule has 0 saturated heterocycles. The number of aromatic nitrogens is 2. The Labute approximate surface area is 246 Å². The van der Waals surface area contributed by atoms with Crippen molar-refractivity contribution in [3.05, 3.63) is 85.6 Å². The van der Waals surface area contributed by atoms with Crippen molar-refractivity contribution in [1.82, 2.24) is 25.1 Å². The van der Waals surface area contributed by atoms with Gasteiger partial charge in [-0.25, -0.2) is 17.9 Å². The van der Waals surface area contributed by atoms with Crippen molar-refractivity contribution >= 4 is 45.0 Å². The zero-order valence-corrected chi connectivity index (χ0v) is 24.4. The van der Waals surface area contributed by atoms with Crippen LogP contribution in [0.25, 0.3) is 0 Å². The van der Waals surface area contributed by atoms with Crippen LogP contribution >= 0.6 is 23.2 Å². The predicted octanol–water partition coefficient (Wildman–Crippen LogP) is 3.17. The van der Waals surface area contributed by atoms with E-state index in [4.69, 9.17) is 23.2 Å². The van der Waals surface area contributed by atoms with Gasteiger partial charge in [-0.15, -0.1) is 0 Å². The van der Waals surface area contributed by atoms with Gasteiger partial charge in [-0.2, -0.15) is 0 Å². The SMILES string of the molecule is CS(=O)(=O)N[C@H]1CCCC[C@@H]1N1C(=O)c2ccccc2[C@@H](C(=O)NCCc2noc(=O)[nH]2)[C@@H]1c1ccc(Cl)cc1Cl. The lowest BCUT2D eigenvalue weighted by atomic mass is 9.76. The molecule has 2 amide bonds. The fourth-order valence-corrected chi connectivity index (χ4v) is 7.26. The van der Waals surface area contributed by atoms with Crippen molar-refractivity contribution in [3.8, 4) is 0 Å². The first-order chi connectivity index (χ1) is 19.5. The van der Waals surface area contributed by atoms with Crippen molar-refractivity contribution in [3.63, 3.8) is 0 Å². The molecular formula is C27H29Cl2N5O6S. The van der Waals surface area contributed by atoms with E-state index in [2.05, 4.69) is 24.7 Å². The Kier molecular flexibility index (Phi) is 8.55. The van der Waals surface area contributed by atoms with Crippen LogP contribution in [0, 0.1) is 0 Å². The molecule has 1 fully saturated rings. The predicted molar refractivity (Wildman–Crippen MR) is 152 cm³/mol. The van der Waals surface area contributed by atoms with Gasteiger partial charge in [0, 0.05) is 40.7 Å². The molecular weight excluding hydrogens is 593 g/mol. The van der Waals surface area contributed by atoms with Crippen LogP contribution in [0.3, 0.4) is 0 Å². The Morgan fingerprint density at radius 3 is 2.59 bits per heavy atom. The van der Waals surface area contributed by atoms with Crippen LogP contribution in [0.5, 0.6) is 0 Å². The second kappa shape index (κ2) is 12.0. The van der Waals surface area contributed by atoms with E-state index in [-0.39, 0.29) is 35.6 Å². The Hall–Kier alpha value is -3.19. The molecule has 218 valence electrons. The summed E-state index contributed by atoms with van der Waals surface area (Å²) in [7, 11) is -3.59. The lowest BCUT2D eigenvalue weighted by Crippen LogP contribution is -2.59. The topological polar surface area (TPSA) is 154 Å². The number of carbonyl (C=O) groups is 2. The molecule has 2 aliphatic rings. The summed E-state index contributed by atoms with van der Waals surface area (Å²) in [5.41, 5.74) is 1.41. The number of amides is 2.